The lowest BCUT2D eigenvalue weighted by Gasteiger charge is -2.20. The quantitative estimate of drug-likeness (QED) is 0.368. The number of thiazole rings is 1. The molecule has 1 amide bonds. The molecule has 0 aliphatic carbocycles. The lowest BCUT2D eigenvalue weighted by Crippen LogP contribution is -2.30. The van der Waals surface area contributed by atoms with Crippen molar-refractivity contribution in [3.63, 3.8) is 0 Å². The molecule has 7 heteroatoms. The molecule has 0 saturated heterocycles. The van der Waals surface area contributed by atoms with Gasteiger partial charge in [-0.15, -0.1) is 11.8 Å². The molecule has 0 saturated carbocycles. The number of anilines is 1. The first-order chi connectivity index (χ1) is 14.2. The highest BCUT2D eigenvalue weighted by Gasteiger charge is 2.23. The minimum absolute atomic E-state index is 0.186. The second-order valence-corrected chi connectivity index (χ2v) is 8.60. The summed E-state index contributed by atoms with van der Waals surface area (Å²) in [7, 11) is 0. The number of carbonyl (C=O) groups is 1. The summed E-state index contributed by atoms with van der Waals surface area (Å²) in [6.45, 7) is 2.33. The fraction of sp³-hybridized carbons (Fsp3) is 0.136. The van der Waals surface area contributed by atoms with E-state index in [2.05, 4.69) is 16.9 Å². The van der Waals surface area contributed by atoms with E-state index in [1.165, 1.54) is 17.4 Å². The number of halogens is 1. The number of pyridine rings is 1. The number of rotatable bonds is 6. The van der Waals surface area contributed by atoms with Crippen LogP contribution in [0.4, 0.5) is 9.52 Å². The van der Waals surface area contributed by atoms with Crippen LogP contribution in [0.2, 0.25) is 0 Å². The highest BCUT2D eigenvalue weighted by molar-refractivity contribution is 7.99. The van der Waals surface area contributed by atoms with Crippen LogP contribution in [0.1, 0.15) is 23.0 Å². The molecule has 2 aromatic heterocycles. The number of hydrogen-bond donors (Lipinski definition) is 0. The van der Waals surface area contributed by atoms with Crippen molar-refractivity contribution in [3.8, 4) is 0 Å². The number of carbonyl (C=O) groups excluding carboxylic acids is 1. The molecule has 0 unspecified atom stereocenters. The fourth-order valence-electron chi connectivity index (χ4n) is 2.94. The van der Waals surface area contributed by atoms with Gasteiger partial charge in [0.2, 0.25) is 0 Å². The fourth-order valence-corrected chi connectivity index (χ4v) is 4.64. The molecule has 0 fully saturated rings. The van der Waals surface area contributed by atoms with Crippen LogP contribution in [0.5, 0.6) is 0 Å². The molecule has 0 radical (unpaired) electrons. The first kappa shape index (κ1) is 19.5. The second kappa shape index (κ2) is 8.71. The third kappa shape index (κ3) is 4.31. The first-order valence-corrected chi connectivity index (χ1v) is 11.0. The number of thioether (sulfide) groups is 1. The Hall–Kier alpha value is -2.77. The molecule has 4 nitrogen and oxygen atoms in total. The Labute approximate surface area is 176 Å². The number of aromatic nitrogens is 2. The zero-order chi connectivity index (χ0) is 20.2. The van der Waals surface area contributed by atoms with Gasteiger partial charge in [0.05, 0.1) is 16.9 Å². The lowest BCUT2D eigenvalue weighted by molar-refractivity contribution is 0.0984. The number of hydrogen-bond acceptors (Lipinski definition) is 5. The number of nitrogens with zero attached hydrogens (tertiary/aromatic N) is 3. The minimum Gasteiger partial charge on any atom is -0.278 e. The van der Waals surface area contributed by atoms with E-state index in [4.69, 9.17) is 0 Å². The third-order valence-corrected chi connectivity index (χ3v) is 6.19. The summed E-state index contributed by atoms with van der Waals surface area (Å²) >= 11 is 2.98. The van der Waals surface area contributed by atoms with Gasteiger partial charge in [-0.3, -0.25) is 14.7 Å². The van der Waals surface area contributed by atoms with Crippen molar-refractivity contribution in [1.29, 1.82) is 0 Å². The van der Waals surface area contributed by atoms with E-state index in [9.17, 15) is 9.18 Å². The molecule has 0 bridgehead atoms. The van der Waals surface area contributed by atoms with Crippen LogP contribution < -0.4 is 4.90 Å². The Morgan fingerprint density at radius 3 is 2.76 bits per heavy atom. The number of amides is 1. The van der Waals surface area contributed by atoms with Crippen LogP contribution in [-0.2, 0) is 6.54 Å². The summed E-state index contributed by atoms with van der Waals surface area (Å²) in [4.78, 5) is 24.8. The van der Waals surface area contributed by atoms with Gasteiger partial charge >= 0.3 is 0 Å². The molecule has 29 heavy (non-hydrogen) atoms. The standard InChI is InChI=1S/C22H18FN3OS2/c1-2-28-17-9-5-7-15(13-17)21(27)26(14-16-8-3-4-12-24-16)22-25-20-18(23)10-6-11-19(20)29-22/h3-13H,2,14H2,1H3. The van der Waals surface area contributed by atoms with Crippen LogP contribution in [0.15, 0.2) is 71.8 Å². The molecule has 4 rings (SSSR count). The largest absolute Gasteiger partial charge is 0.278 e. The minimum atomic E-state index is -0.392. The van der Waals surface area contributed by atoms with Crippen molar-refractivity contribution in [2.24, 2.45) is 0 Å². The van der Waals surface area contributed by atoms with Crippen molar-refractivity contribution < 1.29 is 9.18 Å². The van der Waals surface area contributed by atoms with Gasteiger partial charge in [0.1, 0.15) is 11.3 Å². The Morgan fingerprint density at radius 2 is 2.00 bits per heavy atom. The monoisotopic (exact) mass is 423 g/mol. The molecule has 146 valence electrons. The molecule has 0 aliphatic rings. The zero-order valence-corrected chi connectivity index (χ0v) is 17.3. The summed E-state index contributed by atoms with van der Waals surface area (Å²) < 4.78 is 14.9. The molecule has 2 aromatic carbocycles. The number of benzene rings is 2. The van der Waals surface area contributed by atoms with Gasteiger partial charge < -0.3 is 0 Å². The van der Waals surface area contributed by atoms with Crippen LogP contribution in [0, 0.1) is 5.82 Å². The van der Waals surface area contributed by atoms with Crippen molar-refractivity contribution in [1.82, 2.24) is 9.97 Å². The second-order valence-electron chi connectivity index (χ2n) is 6.26. The predicted octanol–water partition coefficient (Wildman–Crippen LogP) is 5.79. The van der Waals surface area contributed by atoms with Crippen molar-refractivity contribution in [2.45, 2.75) is 18.4 Å². The zero-order valence-electron chi connectivity index (χ0n) is 15.7. The highest BCUT2D eigenvalue weighted by atomic mass is 32.2. The SMILES string of the molecule is CCSc1cccc(C(=O)N(Cc2ccccn2)c2nc3c(F)cccc3s2)c1. The summed E-state index contributed by atoms with van der Waals surface area (Å²) in [5.41, 5.74) is 1.58. The average molecular weight is 424 g/mol. The van der Waals surface area contributed by atoms with Crippen LogP contribution in [0.3, 0.4) is 0 Å². The maximum atomic E-state index is 14.2. The Morgan fingerprint density at radius 1 is 1.14 bits per heavy atom. The molecular weight excluding hydrogens is 405 g/mol. The van der Waals surface area contributed by atoms with E-state index in [-0.39, 0.29) is 18.0 Å². The van der Waals surface area contributed by atoms with Gasteiger partial charge in [-0.25, -0.2) is 9.37 Å². The number of fused-ring (bicyclic) bond motifs is 1. The lowest BCUT2D eigenvalue weighted by atomic mass is 10.2. The van der Waals surface area contributed by atoms with Crippen LogP contribution in [-0.4, -0.2) is 21.6 Å². The van der Waals surface area contributed by atoms with E-state index in [1.807, 2.05) is 42.5 Å². The smallest absolute Gasteiger partial charge is 0.260 e. The van der Waals surface area contributed by atoms with E-state index in [1.54, 1.807) is 35.0 Å². The Bertz CT molecular complexity index is 1150. The van der Waals surface area contributed by atoms with Gasteiger partial charge in [-0.1, -0.05) is 36.5 Å². The van der Waals surface area contributed by atoms with Crippen molar-refractivity contribution in [3.05, 3.63) is 83.9 Å². The van der Waals surface area contributed by atoms with Gasteiger partial charge in [-0.2, -0.15) is 0 Å². The third-order valence-electron chi connectivity index (χ3n) is 4.27. The summed E-state index contributed by atoms with van der Waals surface area (Å²) in [5.74, 6) is 0.345. The maximum absolute atomic E-state index is 14.2. The molecular formula is C22H18FN3OS2. The van der Waals surface area contributed by atoms with Crippen molar-refractivity contribution in [2.75, 3.05) is 10.7 Å². The van der Waals surface area contributed by atoms with E-state index < -0.39 is 5.82 Å². The highest BCUT2D eigenvalue weighted by Crippen LogP contribution is 2.32. The maximum Gasteiger partial charge on any atom is 0.260 e. The normalized spacial score (nSPS) is 11.0. The Kier molecular flexibility index (Phi) is 5.87. The predicted molar refractivity (Wildman–Crippen MR) is 117 cm³/mol. The summed E-state index contributed by atoms with van der Waals surface area (Å²) in [6.07, 6.45) is 1.69. The Balaban J connectivity index is 1.76. The summed E-state index contributed by atoms with van der Waals surface area (Å²) in [5, 5.41) is 0.453. The van der Waals surface area contributed by atoms with Gasteiger partial charge in [0.15, 0.2) is 5.13 Å². The van der Waals surface area contributed by atoms with E-state index in [0.717, 1.165) is 16.3 Å². The van der Waals surface area contributed by atoms with E-state index in [0.29, 0.717) is 15.4 Å². The molecule has 0 spiro atoms. The number of para-hydroxylation sites is 1. The molecule has 4 aromatic rings. The molecule has 2 heterocycles. The summed E-state index contributed by atoms with van der Waals surface area (Å²) in [6, 6.07) is 17.9. The van der Waals surface area contributed by atoms with Gasteiger partial charge in [-0.05, 0) is 48.2 Å². The van der Waals surface area contributed by atoms with Gasteiger partial charge in [0, 0.05) is 16.7 Å². The first-order valence-electron chi connectivity index (χ1n) is 9.15. The van der Waals surface area contributed by atoms with Crippen LogP contribution in [0.25, 0.3) is 10.2 Å². The average Bonchev–Trinajstić information content (AvgIpc) is 3.18. The molecule has 0 N–H and O–H groups in total. The van der Waals surface area contributed by atoms with Crippen molar-refractivity contribution >= 4 is 44.4 Å². The molecule has 0 aliphatic heterocycles. The molecule has 0 atom stereocenters. The van der Waals surface area contributed by atoms with Gasteiger partial charge in [0.25, 0.3) is 5.91 Å². The topological polar surface area (TPSA) is 46.1 Å². The van der Waals surface area contributed by atoms with E-state index >= 15 is 0 Å². The van der Waals surface area contributed by atoms with Crippen LogP contribution >= 0.6 is 23.1 Å².